The van der Waals surface area contributed by atoms with E-state index in [0.29, 0.717) is 5.56 Å². The summed E-state index contributed by atoms with van der Waals surface area (Å²) in [5.41, 5.74) is 1.53. The van der Waals surface area contributed by atoms with Crippen LogP contribution in [0, 0.1) is 0 Å². The van der Waals surface area contributed by atoms with E-state index >= 15 is 0 Å². The van der Waals surface area contributed by atoms with Crippen molar-refractivity contribution < 1.29 is 19.4 Å². The molecule has 1 N–H and O–H groups in total. The van der Waals surface area contributed by atoms with Gasteiger partial charge in [-0.3, -0.25) is 0 Å². The molecule has 0 fully saturated rings. The Bertz CT molecular complexity index is 575. The third kappa shape index (κ3) is 2.55. The van der Waals surface area contributed by atoms with E-state index in [0.717, 1.165) is 5.56 Å². The van der Waals surface area contributed by atoms with Gasteiger partial charge >= 0.3 is 11.9 Å². The van der Waals surface area contributed by atoms with Gasteiger partial charge in [0, 0.05) is 5.56 Å². The molecule has 0 aliphatic rings. The third-order valence-electron chi connectivity index (χ3n) is 2.35. The maximum Gasteiger partial charge on any atom is 0.422 e. The molecular weight excluding hydrogens is 232 g/mol. The van der Waals surface area contributed by atoms with Gasteiger partial charge in [-0.15, -0.1) is 0 Å². The molecule has 0 aliphatic heterocycles. The molecule has 0 saturated heterocycles. The van der Waals surface area contributed by atoms with Crippen LogP contribution in [0.2, 0.25) is 0 Å². The van der Waals surface area contributed by atoms with Gasteiger partial charge in [-0.05, 0) is 11.6 Å². The summed E-state index contributed by atoms with van der Waals surface area (Å²) in [7, 11) is 0. The SMILES string of the molecule is O=C(O)C(=O)Oc1ccccc1-c1ccccc1. The number of carboxylic acids is 1. The molecule has 0 aromatic heterocycles. The van der Waals surface area contributed by atoms with Crippen LogP contribution in [0.4, 0.5) is 0 Å². The first-order valence-electron chi connectivity index (χ1n) is 5.28. The first-order chi connectivity index (χ1) is 8.68. The first kappa shape index (κ1) is 11.9. The smallest absolute Gasteiger partial charge is 0.422 e. The zero-order valence-corrected chi connectivity index (χ0v) is 9.37. The van der Waals surface area contributed by atoms with E-state index in [9.17, 15) is 9.59 Å². The van der Waals surface area contributed by atoms with Crippen molar-refractivity contribution in [3.05, 3.63) is 54.6 Å². The number of carbonyl (C=O) groups excluding carboxylic acids is 1. The number of ether oxygens (including phenoxy) is 1. The minimum Gasteiger partial charge on any atom is -0.473 e. The topological polar surface area (TPSA) is 63.6 Å². The molecule has 4 heteroatoms. The number of carboxylic acid groups (broad SMARTS) is 1. The number of aliphatic carboxylic acids is 1. The summed E-state index contributed by atoms with van der Waals surface area (Å²) in [4.78, 5) is 21.6. The van der Waals surface area contributed by atoms with Crippen molar-refractivity contribution >= 4 is 11.9 Å². The van der Waals surface area contributed by atoms with Gasteiger partial charge in [0.15, 0.2) is 0 Å². The second-order valence-corrected chi connectivity index (χ2v) is 3.56. The van der Waals surface area contributed by atoms with E-state index < -0.39 is 11.9 Å². The highest BCUT2D eigenvalue weighted by atomic mass is 16.6. The summed E-state index contributed by atoms with van der Waals surface area (Å²) in [6.45, 7) is 0. The fraction of sp³-hybridized carbons (Fsp3) is 0. The van der Waals surface area contributed by atoms with E-state index in [1.54, 1.807) is 24.3 Å². The van der Waals surface area contributed by atoms with Gasteiger partial charge in [-0.1, -0.05) is 48.5 Å². The minimum atomic E-state index is -1.61. The molecule has 0 atom stereocenters. The Balaban J connectivity index is 2.38. The summed E-state index contributed by atoms with van der Waals surface area (Å²) in [6, 6.07) is 16.1. The van der Waals surface area contributed by atoms with Crippen molar-refractivity contribution in [1.29, 1.82) is 0 Å². The van der Waals surface area contributed by atoms with E-state index in [4.69, 9.17) is 9.84 Å². The largest absolute Gasteiger partial charge is 0.473 e. The lowest BCUT2D eigenvalue weighted by Gasteiger charge is -2.08. The molecule has 0 saturated carbocycles. The quantitative estimate of drug-likeness (QED) is 0.498. The van der Waals surface area contributed by atoms with E-state index in [2.05, 4.69) is 0 Å². The van der Waals surface area contributed by atoms with Gasteiger partial charge < -0.3 is 9.84 Å². The van der Waals surface area contributed by atoms with E-state index in [1.165, 1.54) is 0 Å². The maximum atomic E-state index is 11.1. The van der Waals surface area contributed by atoms with Crippen molar-refractivity contribution in [2.24, 2.45) is 0 Å². The summed E-state index contributed by atoms with van der Waals surface area (Å²) >= 11 is 0. The molecule has 2 aromatic rings. The highest BCUT2D eigenvalue weighted by Gasteiger charge is 2.16. The molecule has 90 valence electrons. The predicted octanol–water partition coefficient (Wildman–Crippen LogP) is 2.34. The Morgan fingerprint density at radius 3 is 2.17 bits per heavy atom. The van der Waals surface area contributed by atoms with Gasteiger partial charge in [0.05, 0.1) is 0 Å². The monoisotopic (exact) mass is 242 g/mol. The molecule has 2 rings (SSSR count). The highest BCUT2D eigenvalue weighted by Crippen LogP contribution is 2.29. The Kier molecular flexibility index (Phi) is 3.38. The second kappa shape index (κ2) is 5.14. The Labute approximate surface area is 103 Å². The summed E-state index contributed by atoms with van der Waals surface area (Å²) in [5.74, 6) is -2.67. The lowest BCUT2D eigenvalue weighted by molar-refractivity contribution is -0.158. The number of hydrogen-bond donors (Lipinski definition) is 1. The maximum absolute atomic E-state index is 11.1. The first-order valence-corrected chi connectivity index (χ1v) is 5.28. The van der Waals surface area contributed by atoms with Crippen molar-refractivity contribution in [2.75, 3.05) is 0 Å². The molecule has 0 bridgehead atoms. The van der Waals surface area contributed by atoms with Gasteiger partial charge in [-0.25, -0.2) is 9.59 Å². The molecule has 0 heterocycles. The predicted molar refractivity (Wildman–Crippen MR) is 65.1 cm³/mol. The number of rotatable bonds is 2. The summed E-state index contributed by atoms with van der Waals surface area (Å²) in [5, 5.41) is 8.53. The van der Waals surface area contributed by atoms with Crippen LogP contribution in [0.1, 0.15) is 0 Å². The zero-order chi connectivity index (χ0) is 13.0. The van der Waals surface area contributed by atoms with Crippen LogP contribution in [0.3, 0.4) is 0 Å². The van der Waals surface area contributed by atoms with Crippen molar-refractivity contribution in [3.8, 4) is 16.9 Å². The Morgan fingerprint density at radius 2 is 1.50 bits per heavy atom. The molecule has 0 aliphatic carbocycles. The van der Waals surface area contributed by atoms with Crippen LogP contribution in [-0.4, -0.2) is 17.0 Å². The normalized spacial score (nSPS) is 9.78. The van der Waals surface area contributed by atoms with Crippen molar-refractivity contribution in [3.63, 3.8) is 0 Å². The number of benzene rings is 2. The molecule has 4 nitrogen and oxygen atoms in total. The van der Waals surface area contributed by atoms with Crippen LogP contribution < -0.4 is 4.74 Å². The Hall–Kier alpha value is -2.62. The minimum absolute atomic E-state index is 0.233. The van der Waals surface area contributed by atoms with Gasteiger partial charge in [0.2, 0.25) is 0 Å². The molecule has 0 unspecified atom stereocenters. The highest BCUT2D eigenvalue weighted by molar-refractivity contribution is 6.29. The molecule has 18 heavy (non-hydrogen) atoms. The standard InChI is InChI=1S/C14H10O4/c15-13(16)14(17)18-12-9-5-4-8-11(12)10-6-2-1-3-7-10/h1-9H,(H,15,16). The van der Waals surface area contributed by atoms with E-state index in [1.807, 2.05) is 30.3 Å². The molecule has 0 spiro atoms. The molecule has 0 radical (unpaired) electrons. The van der Waals surface area contributed by atoms with Gasteiger partial charge in [0.25, 0.3) is 0 Å². The lowest BCUT2D eigenvalue weighted by Crippen LogP contribution is -2.19. The fourth-order valence-corrected chi connectivity index (χ4v) is 1.56. The average Bonchev–Trinajstić information content (AvgIpc) is 2.40. The zero-order valence-electron chi connectivity index (χ0n) is 9.37. The van der Waals surface area contributed by atoms with Crippen molar-refractivity contribution in [2.45, 2.75) is 0 Å². The average molecular weight is 242 g/mol. The molecule has 2 aromatic carbocycles. The second-order valence-electron chi connectivity index (χ2n) is 3.56. The summed E-state index contributed by atoms with van der Waals surface area (Å²) in [6.07, 6.45) is 0. The van der Waals surface area contributed by atoms with Crippen LogP contribution in [0.25, 0.3) is 11.1 Å². The number of para-hydroxylation sites is 1. The number of hydrogen-bond acceptors (Lipinski definition) is 3. The third-order valence-corrected chi connectivity index (χ3v) is 2.35. The van der Waals surface area contributed by atoms with E-state index in [-0.39, 0.29) is 5.75 Å². The molecule has 0 amide bonds. The fourth-order valence-electron chi connectivity index (χ4n) is 1.56. The van der Waals surface area contributed by atoms with Gasteiger partial charge in [-0.2, -0.15) is 0 Å². The van der Waals surface area contributed by atoms with Crippen molar-refractivity contribution in [1.82, 2.24) is 0 Å². The number of carbonyl (C=O) groups is 2. The number of esters is 1. The van der Waals surface area contributed by atoms with Crippen LogP contribution >= 0.6 is 0 Å². The van der Waals surface area contributed by atoms with Gasteiger partial charge in [0.1, 0.15) is 5.75 Å². The summed E-state index contributed by atoms with van der Waals surface area (Å²) < 4.78 is 4.82. The van der Waals surface area contributed by atoms with Crippen LogP contribution in [0.5, 0.6) is 5.75 Å². The molecular formula is C14H10O4. The Morgan fingerprint density at radius 1 is 0.889 bits per heavy atom. The van der Waals surface area contributed by atoms with Crippen LogP contribution in [0.15, 0.2) is 54.6 Å². The lowest BCUT2D eigenvalue weighted by atomic mass is 10.1. The van der Waals surface area contributed by atoms with Crippen LogP contribution in [-0.2, 0) is 9.59 Å².